The first-order chi connectivity index (χ1) is 11.9. The lowest BCUT2D eigenvalue weighted by Crippen LogP contribution is -2.20. The molecule has 128 valence electrons. The van der Waals surface area contributed by atoms with Crippen molar-refractivity contribution < 1.29 is 9.47 Å². The highest BCUT2D eigenvalue weighted by Crippen LogP contribution is 2.30. The van der Waals surface area contributed by atoms with Crippen LogP contribution in [-0.2, 0) is 4.74 Å². The maximum atomic E-state index is 7.84. The Hall–Kier alpha value is -3.35. The van der Waals surface area contributed by atoms with Gasteiger partial charge in [-0.2, -0.15) is 0 Å². The number of pyridine rings is 1. The molecule has 5 N–H and O–H groups in total. The van der Waals surface area contributed by atoms with Gasteiger partial charge < -0.3 is 20.2 Å². The van der Waals surface area contributed by atoms with Crippen molar-refractivity contribution in [3.8, 4) is 16.9 Å². The van der Waals surface area contributed by atoms with Gasteiger partial charge in [-0.25, -0.2) is 4.98 Å². The van der Waals surface area contributed by atoms with Crippen LogP contribution in [0, 0.1) is 10.8 Å². The van der Waals surface area contributed by atoms with E-state index in [1.807, 2.05) is 50.4 Å². The van der Waals surface area contributed by atoms with E-state index >= 15 is 0 Å². The number of hydrogen-bond donors (Lipinski definition) is 4. The van der Waals surface area contributed by atoms with E-state index in [0.29, 0.717) is 11.2 Å². The van der Waals surface area contributed by atoms with Crippen LogP contribution in [0.1, 0.15) is 19.5 Å². The van der Waals surface area contributed by atoms with Gasteiger partial charge in [-0.05, 0) is 43.7 Å². The molecule has 0 unspecified atom stereocenters. The second-order valence-corrected chi connectivity index (χ2v) is 5.78. The average Bonchev–Trinajstić information content (AvgIpc) is 2.96. The Kier molecular flexibility index (Phi) is 4.38. The first-order valence-electron chi connectivity index (χ1n) is 7.80. The first kappa shape index (κ1) is 16.5. The molecule has 0 fully saturated rings. The van der Waals surface area contributed by atoms with Gasteiger partial charge in [0.2, 0.25) is 5.90 Å². The quantitative estimate of drug-likeness (QED) is 0.431. The Morgan fingerprint density at radius 3 is 2.72 bits per heavy atom. The highest BCUT2D eigenvalue weighted by molar-refractivity contribution is 6.00. The predicted octanol–water partition coefficient (Wildman–Crippen LogP) is 3.25. The molecule has 25 heavy (non-hydrogen) atoms. The fourth-order valence-corrected chi connectivity index (χ4v) is 2.52. The van der Waals surface area contributed by atoms with Crippen LogP contribution in [0.4, 0.5) is 0 Å². The number of rotatable bonds is 4. The smallest absolute Gasteiger partial charge is 0.286 e. The number of amidine groups is 1. The van der Waals surface area contributed by atoms with Gasteiger partial charge in [0.25, 0.3) is 6.02 Å². The largest absolute Gasteiger partial charge is 0.491 e. The van der Waals surface area contributed by atoms with E-state index < -0.39 is 6.02 Å². The third-order valence-electron chi connectivity index (χ3n) is 3.48. The summed E-state index contributed by atoms with van der Waals surface area (Å²) in [6.45, 7) is 3.96. The number of nitrogens with zero attached hydrogens (tertiary/aromatic N) is 1. The summed E-state index contributed by atoms with van der Waals surface area (Å²) in [5, 5.41) is 15.0. The summed E-state index contributed by atoms with van der Waals surface area (Å²) in [6, 6.07) is 10.7. The Balaban J connectivity index is 2.02. The van der Waals surface area contributed by atoms with Crippen LogP contribution in [0.15, 0.2) is 42.6 Å². The summed E-state index contributed by atoms with van der Waals surface area (Å²) in [7, 11) is 0. The topological polar surface area (TPSA) is 121 Å². The molecule has 0 aliphatic heterocycles. The van der Waals surface area contributed by atoms with Crippen LogP contribution < -0.4 is 10.5 Å². The minimum Gasteiger partial charge on any atom is -0.491 e. The van der Waals surface area contributed by atoms with Crippen molar-refractivity contribution in [1.82, 2.24) is 9.97 Å². The molecule has 3 aromatic rings. The van der Waals surface area contributed by atoms with Gasteiger partial charge in [0.1, 0.15) is 11.4 Å². The zero-order valence-corrected chi connectivity index (χ0v) is 14.0. The normalized spacial score (nSPS) is 10.8. The summed E-state index contributed by atoms with van der Waals surface area (Å²) in [5.41, 5.74) is 8.86. The Labute approximate surface area is 144 Å². The number of aromatic amines is 1. The average molecular weight is 337 g/mol. The summed E-state index contributed by atoms with van der Waals surface area (Å²) < 4.78 is 10.6. The molecule has 2 aromatic heterocycles. The van der Waals surface area contributed by atoms with Crippen molar-refractivity contribution in [3.63, 3.8) is 0 Å². The SMILES string of the molecule is CC(C)Oc1cccc(-c2c[nH]c3ccc(C(=N)OC(=N)N)nc23)c1. The fourth-order valence-electron chi connectivity index (χ4n) is 2.52. The maximum absolute atomic E-state index is 7.84. The van der Waals surface area contributed by atoms with Gasteiger partial charge in [0.15, 0.2) is 0 Å². The Morgan fingerprint density at radius 1 is 1.20 bits per heavy atom. The zero-order chi connectivity index (χ0) is 18.0. The molecule has 0 saturated heterocycles. The van der Waals surface area contributed by atoms with Gasteiger partial charge in [0.05, 0.1) is 17.1 Å². The molecule has 0 aliphatic rings. The number of benzene rings is 1. The van der Waals surface area contributed by atoms with Gasteiger partial charge in [-0.1, -0.05) is 12.1 Å². The monoisotopic (exact) mass is 337 g/mol. The van der Waals surface area contributed by atoms with Crippen LogP contribution in [0.3, 0.4) is 0 Å². The number of nitrogens with two attached hydrogens (primary N) is 1. The van der Waals surface area contributed by atoms with Gasteiger partial charge in [-0.15, -0.1) is 0 Å². The molecule has 0 spiro atoms. The molecule has 7 heteroatoms. The third-order valence-corrected chi connectivity index (χ3v) is 3.48. The van der Waals surface area contributed by atoms with Crippen molar-refractivity contribution in [3.05, 3.63) is 48.3 Å². The molecule has 0 aliphatic carbocycles. The maximum Gasteiger partial charge on any atom is 0.286 e. The number of fused-ring (bicyclic) bond motifs is 1. The molecular weight excluding hydrogens is 318 g/mol. The van der Waals surface area contributed by atoms with E-state index in [0.717, 1.165) is 22.4 Å². The lowest BCUT2D eigenvalue weighted by molar-refractivity contribution is 0.242. The van der Waals surface area contributed by atoms with E-state index in [2.05, 4.69) is 9.97 Å². The number of aromatic nitrogens is 2. The summed E-state index contributed by atoms with van der Waals surface area (Å²) in [6.07, 6.45) is 1.96. The fraction of sp³-hybridized carbons (Fsp3) is 0.167. The highest BCUT2D eigenvalue weighted by atomic mass is 16.5. The van der Waals surface area contributed by atoms with Crippen molar-refractivity contribution in [2.24, 2.45) is 5.73 Å². The number of ether oxygens (including phenoxy) is 2. The molecular formula is C18H19N5O2. The zero-order valence-electron chi connectivity index (χ0n) is 14.0. The molecule has 7 nitrogen and oxygen atoms in total. The standard InChI is InChI=1S/C18H19N5O2/c1-10(2)24-12-5-3-4-11(8-12)13-9-22-14-6-7-15(23-16(13)14)17(19)25-18(20)21/h3-10,19,22H,1-2H3,(H3,20,21). The van der Waals surface area contributed by atoms with Crippen molar-refractivity contribution in [2.75, 3.05) is 0 Å². The molecule has 2 heterocycles. The van der Waals surface area contributed by atoms with Crippen LogP contribution in [0.5, 0.6) is 5.75 Å². The van der Waals surface area contributed by atoms with E-state index in [9.17, 15) is 0 Å². The van der Waals surface area contributed by atoms with Crippen LogP contribution in [0.2, 0.25) is 0 Å². The van der Waals surface area contributed by atoms with Gasteiger partial charge in [0, 0.05) is 11.8 Å². The summed E-state index contributed by atoms with van der Waals surface area (Å²) in [4.78, 5) is 7.65. The number of nitrogens with one attached hydrogen (secondary N) is 3. The van der Waals surface area contributed by atoms with E-state index in [1.165, 1.54) is 0 Å². The molecule has 0 atom stereocenters. The number of H-pyrrole nitrogens is 1. The molecule has 0 amide bonds. The van der Waals surface area contributed by atoms with Crippen molar-refractivity contribution in [1.29, 1.82) is 10.8 Å². The third kappa shape index (κ3) is 3.60. The number of hydrogen-bond acceptors (Lipinski definition) is 5. The molecule has 0 saturated carbocycles. The van der Waals surface area contributed by atoms with Gasteiger partial charge in [-0.3, -0.25) is 10.8 Å². The first-order valence-corrected chi connectivity index (χ1v) is 7.80. The lowest BCUT2D eigenvalue weighted by atomic mass is 10.1. The molecule has 0 radical (unpaired) electrons. The van der Waals surface area contributed by atoms with Crippen LogP contribution in [-0.4, -0.2) is 28.0 Å². The summed E-state index contributed by atoms with van der Waals surface area (Å²) in [5.74, 6) is 0.518. The molecule has 3 rings (SSSR count). The highest BCUT2D eigenvalue weighted by Gasteiger charge is 2.13. The van der Waals surface area contributed by atoms with E-state index in [1.54, 1.807) is 6.07 Å². The second-order valence-electron chi connectivity index (χ2n) is 5.78. The minimum atomic E-state index is -0.542. The van der Waals surface area contributed by atoms with Crippen molar-refractivity contribution in [2.45, 2.75) is 20.0 Å². The summed E-state index contributed by atoms with van der Waals surface area (Å²) >= 11 is 0. The molecule has 0 bridgehead atoms. The van der Waals surface area contributed by atoms with Crippen LogP contribution in [0.25, 0.3) is 22.2 Å². The predicted molar refractivity (Wildman–Crippen MR) is 97.1 cm³/mol. The second kappa shape index (κ2) is 6.64. The van der Waals surface area contributed by atoms with Gasteiger partial charge >= 0.3 is 0 Å². The Bertz CT molecular complexity index is 946. The van der Waals surface area contributed by atoms with Crippen molar-refractivity contribution >= 4 is 23.0 Å². The Morgan fingerprint density at radius 2 is 2.00 bits per heavy atom. The van der Waals surface area contributed by atoms with E-state index in [4.69, 9.17) is 26.0 Å². The minimum absolute atomic E-state index is 0.0900. The lowest BCUT2D eigenvalue weighted by Gasteiger charge is -2.10. The van der Waals surface area contributed by atoms with E-state index in [-0.39, 0.29) is 12.0 Å². The molecule has 1 aromatic carbocycles. The van der Waals surface area contributed by atoms with Crippen LogP contribution >= 0.6 is 0 Å².